The van der Waals surface area contributed by atoms with Crippen LogP contribution in [-0.2, 0) is 59.2 Å². The normalized spacial score (nSPS) is 15.3. The molecule has 0 aliphatic heterocycles. The third kappa shape index (κ3) is 19.6. The first-order valence-electron chi connectivity index (χ1n) is 22.6. The van der Waals surface area contributed by atoms with E-state index in [1.54, 1.807) is 44.3 Å². The highest BCUT2D eigenvalue weighted by Crippen LogP contribution is 2.20. The second kappa shape index (κ2) is 29.7. The minimum Gasteiger partial charge on any atom is -0.481 e. The first kappa shape index (κ1) is 59.9. The van der Waals surface area contributed by atoms with Gasteiger partial charge in [0.2, 0.25) is 59.1 Å². The van der Waals surface area contributed by atoms with Gasteiger partial charge in [0.15, 0.2) is 0 Å². The van der Waals surface area contributed by atoms with Crippen LogP contribution in [-0.4, -0.2) is 171 Å². The molecule has 2 aromatic rings. The van der Waals surface area contributed by atoms with E-state index >= 15 is 0 Å². The van der Waals surface area contributed by atoms with Gasteiger partial charge in [-0.05, 0) is 50.3 Å². The minimum absolute atomic E-state index is 0.0473. The molecule has 0 fully saturated rings. The highest BCUT2D eigenvalue weighted by molar-refractivity contribution is 5.99. The number of rotatable bonds is 32. The average Bonchev–Trinajstić information content (AvgIpc) is 3.72. The molecule has 0 saturated carbocycles. The van der Waals surface area contributed by atoms with Crippen LogP contribution in [0.25, 0.3) is 10.9 Å². The van der Waals surface area contributed by atoms with Crippen LogP contribution in [0, 0.1) is 5.92 Å². The number of fused-ring (bicyclic) bond motifs is 1. The van der Waals surface area contributed by atoms with Crippen molar-refractivity contribution in [3.63, 3.8) is 0 Å². The number of amides is 10. The van der Waals surface area contributed by atoms with Gasteiger partial charge in [-0.25, -0.2) is 0 Å². The maximum Gasteiger partial charge on any atom is 0.305 e. The maximum absolute atomic E-state index is 14.1. The predicted molar refractivity (Wildman–Crippen MR) is 250 cm³/mol. The molecule has 394 valence electrons. The Morgan fingerprint density at radius 1 is 0.662 bits per heavy atom. The number of carboxylic acids is 1. The first-order chi connectivity index (χ1) is 33.5. The Bertz CT molecular complexity index is 2210. The van der Waals surface area contributed by atoms with Crippen LogP contribution in [0.5, 0.6) is 0 Å². The molecule has 1 aromatic heterocycles. The molecule has 71 heavy (non-hydrogen) atoms. The number of H-pyrrole nitrogens is 1. The van der Waals surface area contributed by atoms with Gasteiger partial charge in [0, 0.05) is 23.5 Å². The van der Waals surface area contributed by atoms with Crippen molar-refractivity contribution in [3.05, 3.63) is 36.0 Å². The van der Waals surface area contributed by atoms with Crippen LogP contribution in [0.15, 0.2) is 30.5 Å². The van der Waals surface area contributed by atoms with Crippen molar-refractivity contribution in [2.24, 2.45) is 28.9 Å². The van der Waals surface area contributed by atoms with E-state index < -0.39 is 158 Å². The Balaban J connectivity index is 2.30. The van der Waals surface area contributed by atoms with E-state index in [0.717, 1.165) is 6.92 Å². The smallest absolute Gasteiger partial charge is 0.305 e. The molecule has 0 spiro atoms. The Morgan fingerprint density at radius 2 is 1.23 bits per heavy atom. The van der Waals surface area contributed by atoms with E-state index in [-0.39, 0.29) is 19.4 Å². The van der Waals surface area contributed by atoms with Gasteiger partial charge in [0.25, 0.3) is 0 Å². The van der Waals surface area contributed by atoms with Crippen molar-refractivity contribution in [2.45, 2.75) is 120 Å². The van der Waals surface area contributed by atoms with Gasteiger partial charge in [-0.1, -0.05) is 38.5 Å². The number of unbranched alkanes of at least 4 members (excludes halogenated alkanes) is 1. The van der Waals surface area contributed by atoms with Crippen LogP contribution >= 0.6 is 0 Å². The first-order valence-corrected chi connectivity index (χ1v) is 22.6. The molecular weight excluding hydrogens is 939 g/mol. The second-order valence-electron chi connectivity index (χ2n) is 16.7. The summed E-state index contributed by atoms with van der Waals surface area (Å²) in [4.78, 5) is 145. The van der Waals surface area contributed by atoms with Crippen LogP contribution in [0.2, 0.25) is 0 Å². The van der Waals surface area contributed by atoms with E-state index in [0.29, 0.717) is 35.7 Å². The molecule has 1 heterocycles. The largest absolute Gasteiger partial charge is 0.481 e. The summed E-state index contributed by atoms with van der Waals surface area (Å²) in [5.74, 6) is -12.6. The zero-order chi connectivity index (χ0) is 53.5. The van der Waals surface area contributed by atoms with Crippen molar-refractivity contribution in [3.8, 4) is 0 Å². The molecule has 0 unspecified atom stereocenters. The predicted octanol–water partition coefficient (Wildman–Crippen LogP) is -7.08. The third-order valence-corrected chi connectivity index (χ3v) is 11.0. The van der Waals surface area contributed by atoms with Crippen molar-refractivity contribution in [1.82, 2.24) is 47.5 Å². The van der Waals surface area contributed by atoms with Gasteiger partial charge < -0.3 is 90.9 Å². The average molecular weight is 1010 g/mol. The number of aliphatic carboxylic acids is 1. The fourth-order valence-corrected chi connectivity index (χ4v) is 6.81. The summed E-state index contributed by atoms with van der Waals surface area (Å²) in [6.07, 6.45) is -0.833. The summed E-state index contributed by atoms with van der Waals surface area (Å²) in [6, 6.07) is -5.94. The summed E-state index contributed by atoms with van der Waals surface area (Å²) in [5, 5.41) is 58.8. The molecule has 28 nitrogen and oxygen atoms in total. The van der Waals surface area contributed by atoms with E-state index in [4.69, 9.17) is 22.9 Å². The van der Waals surface area contributed by atoms with Gasteiger partial charge in [-0.15, -0.1) is 0 Å². The molecular formula is C43H67N13O15. The number of aliphatic hydroxyl groups excluding tert-OH is 3. The van der Waals surface area contributed by atoms with Crippen LogP contribution in [0.4, 0.5) is 0 Å². The number of carbonyl (C=O) groups is 11. The highest BCUT2D eigenvalue weighted by atomic mass is 16.4. The standard InChI is InChI=1S/C43H67N13O15/c1-4-20(2)34(42(70)53-29(18-57)36(47)64)56-40(68)27(13-22-16-48-25-10-6-5-9-23(22)25)51-39(67)28(15-33(62)63)52-41(69)30(19-58)54-43(71)35(21(3)59)55-32(61)17-49-38(66)26(11-7-8-12-44)50-37(65)24(45)14-31(46)60/h5-6,9-10,16,20-21,24,26-30,34-35,48,57-59H,4,7-8,11-15,17-19,44-45H2,1-3H3,(H2,46,60)(H2,47,64)(H,49,66)(H,50,65)(H,51,67)(H,52,69)(H,53,70)(H,54,71)(H,55,61)(H,56,68)(H,62,63)/t20-,21+,24-,26-,27-,28-,29-,30-,34-,35-/m0/s1. The Morgan fingerprint density at radius 3 is 1.80 bits per heavy atom. The van der Waals surface area contributed by atoms with Crippen LogP contribution in [0.3, 0.4) is 0 Å². The second-order valence-corrected chi connectivity index (χ2v) is 16.7. The summed E-state index contributed by atoms with van der Waals surface area (Å²) in [7, 11) is 0. The number of aliphatic hydroxyl groups is 3. The molecule has 0 bridgehead atoms. The van der Waals surface area contributed by atoms with E-state index in [1.807, 2.05) is 0 Å². The zero-order valence-corrected chi connectivity index (χ0v) is 39.5. The Labute approximate surface area is 407 Å². The molecule has 0 aliphatic carbocycles. The monoisotopic (exact) mass is 1010 g/mol. The number of benzene rings is 1. The molecule has 21 N–H and O–H groups in total. The number of para-hydroxylation sites is 1. The minimum atomic E-state index is -1.99. The number of carboxylic acid groups (broad SMARTS) is 1. The highest BCUT2D eigenvalue weighted by Gasteiger charge is 2.36. The quantitative estimate of drug-likeness (QED) is 0.0303. The number of nitrogens with two attached hydrogens (primary N) is 4. The summed E-state index contributed by atoms with van der Waals surface area (Å²) in [6.45, 7) is 1.81. The van der Waals surface area contributed by atoms with E-state index in [2.05, 4.69) is 47.5 Å². The number of aromatic nitrogens is 1. The molecule has 1 aromatic carbocycles. The van der Waals surface area contributed by atoms with Gasteiger partial charge in [0.1, 0.15) is 42.3 Å². The van der Waals surface area contributed by atoms with Crippen molar-refractivity contribution >= 4 is 75.9 Å². The summed E-state index contributed by atoms with van der Waals surface area (Å²) < 4.78 is 0. The zero-order valence-electron chi connectivity index (χ0n) is 39.5. The number of hydrogen-bond acceptors (Lipinski definition) is 16. The molecule has 0 radical (unpaired) electrons. The summed E-state index contributed by atoms with van der Waals surface area (Å²) >= 11 is 0. The SMILES string of the molecule is CC[C@H](C)[C@H](NC(=O)[C@H](Cc1c[nH]c2ccccc12)NC(=O)[C@H](CC(=O)O)NC(=O)[C@H](CO)NC(=O)[C@@H](NC(=O)CNC(=O)[C@H](CCCCN)NC(=O)[C@@H](N)CC(N)=O)[C@@H](C)O)C(=O)N[C@@H](CO)C(N)=O. The van der Waals surface area contributed by atoms with E-state index in [9.17, 15) is 73.2 Å². The molecule has 10 amide bonds. The van der Waals surface area contributed by atoms with E-state index in [1.165, 1.54) is 0 Å². The lowest BCUT2D eigenvalue weighted by Gasteiger charge is -2.28. The number of hydrogen-bond donors (Lipinski definition) is 17. The van der Waals surface area contributed by atoms with Crippen LogP contribution < -0.4 is 65.5 Å². The molecule has 28 heteroatoms. The topological polar surface area (TPSA) is 485 Å². The molecule has 0 aliphatic rings. The lowest BCUT2D eigenvalue weighted by molar-refractivity contribution is -0.142. The lowest BCUT2D eigenvalue weighted by atomic mass is 9.96. The van der Waals surface area contributed by atoms with Gasteiger partial charge >= 0.3 is 5.97 Å². The van der Waals surface area contributed by atoms with Crippen molar-refractivity contribution < 1.29 is 73.2 Å². The molecule has 10 atom stereocenters. The lowest BCUT2D eigenvalue weighted by Crippen LogP contribution is -2.62. The fraction of sp³-hybridized carbons (Fsp3) is 0.558. The summed E-state index contributed by atoms with van der Waals surface area (Å²) in [5.41, 5.74) is 22.7. The molecule has 0 saturated heterocycles. The maximum atomic E-state index is 14.1. The number of carbonyl (C=O) groups excluding carboxylic acids is 10. The fourth-order valence-electron chi connectivity index (χ4n) is 6.81. The third-order valence-electron chi connectivity index (χ3n) is 11.0. The van der Waals surface area contributed by atoms with Gasteiger partial charge in [-0.3, -0.25) is 52.7 Å². The van der Waals surface area contributed by atoms with Gasteiger partial charge in [-0.2, -0.15) is 0 Å². The Kier molecular flexibility index (Phi) is 25.0. The number of aromatic amines is 1. The number of nitrogens with one attached hydrogen (secondary N) is 9. The van der Waals surface area contributed by atoms with Crippen LogP contribution in [0.1, 0.15) is 64.9 Å². The number of primary amides is 2. The van der Waals surface area contributed by atoms with Crippen molar-refractivity contribution in [2.75, 3.05) is 26.3 Å². The van der Waals surface area contributed by atoms with Gasteiger partial charge in [0.05, 0.1) is 44.7 Å². The Hall–Kier alpha value is -7.27. The molecule has 2 rings (SSSR count). The van der Waals surface area contributed by atoms with Crippen molar-refractivity contribution in [1.29, 1.82) is 0 Å².